The molecule has 1 saturated carbocycles. The Morgan fingerprint density at radius 2 is 1.67 bits per heavy atom. The zero-order valence-electron chi connectivity index (χ0n) is 11.9. The summed E-state index contributed by atoms with van der Waals surface area (Å²) in [5.74, 6) is -3.06. The fourth-order valence-electron chi connectivity index (χ4n) is 3.67. The molecule has 1 aliphatic carbocycles. The van der Waals surface area contributed by atoms with Gasteiger partial charge in [0.25, 0.3) is 0 Å². The Morgan fingerprint density at radius 3 is 2.24 bits per heavy atom. The van der Waals surface area contributed by atoms with E-state index in [1.165, 1.54) is 25.7 Å². The van der Waals surface area contributed by atoms with Gasteiger partial charge in [-0.25, -0.2) is 13.6 Å². The maximum Gasteiger partial charge on any atom is 0.338 e. The van der Waals surface area contributed by atoms with Crippen LogP contribution in [0.3, 0.4) is 0 Å². The van der Waals surface area contributed by atoms with E-state index in [2.05, 4.69) is 0 Å². The number of rotatable bonds is 2. The average Bonchev–Trinajstić information content (AvgIpc) is 2.62. The molecule has 3 nitrogen and oxygen atoms in total. The molecule has 3 rings (SSSR count). The van der Waals surface area contributed by atoms with Crippen molar-refractivity contribution in [2.24, 2.45) is 5.41 Å². The van der Waals surface area contributed by atoms with Crippen LogP contribution in [0.2, 0.25) is 0 Å². The van der Waals surface area contributed by atoms with E-state index >= 15 is 0 Å². The van der Waals surface area contributed by atoms with Gasteiger partial charge in [0, 0.05) is 24.6 Å². The lowest BCUT2D eigenvalue weighted by atomic mass is 9.73. The van der Waals surface area contributed by atoms with Gasteiger partial charge in [0.05, 0.1) is 11.3 Å². The molecule has 2 aliphatic rings. The number of hydrogen-bond acceptors (Lipinski definition) is 2. The second-order valence-corrected chi connectivity index (χ2v) is 6.36. The lowest BCUT2D eigenvalue weighted by molar-refractivity contribution is 0.0691. The van der Waals surface area contributed by atoms with Gasteiger partial charge in [-0.15, -0.1) is 0 Å². The molecule has 114 valence electrons. The largest absolute Gasteiger partial charge is 0.478 e. The number of benzene rings is 1. The SMILES string of the molecule is O=C(O)c1cc(N2CC3(CCCCCC3)C2)c(F)cc1F. The molecule has 1 spiro atoms. The molecule has 0 radical (unpaired) electrons. The van der Waals surface area contributed by atoms with Crippen molar-refractivity contribution in [2.75, 3.05) is 18.0 Å². The predicted molar refractivity (Wildman–Crippen MR) is 75.7 cm³/mol. The number of carboxylic acids is 1. The van der Waals surface area contributed by atoms with Gasteiger partial charge in [-0.2, -0.15) is 0 Å². The summed E-state index contributed by atoms with van der Waals surface area (Å²) in [6.07, 6.45) is 7.24. The molecule has 0 atom stereocenters. The third-order valence-corrected chi connectivity index (χ3v) is 4.82. The summed E-state index contributed by atoms with van der Waals surface area (Å²) >= 11 is 0. The van der Waals surface area contributed by atoms with Crippen molar-refractivity contribution in [3.63, 3.8) is 0 Å². The van der Waals surface area contributed by atoms with E-state index in [1.54, 1.807) is 0 Å². The topological polar surface area (TPSA) is 40.5 Å². The van der Waals surface area contributed by atoms with Gasteiger partial charge >= 0.3 is 5.97 Å². The van der Waals surface area contributed by atoms with Crippen LogP contribution >= 0.6 is 0 Å². The Labute approximate surface area is 122 Å². The smallest absolute Gasteiger partial charge is 0.338 e. The number of anilines is 1. The molecule has 0 unspecified atom stereocenters. The lowest BCUT2D eigenvalue weighted by Gasteiger charge is -2.51. The van der Waals surface area contributed by atoms with Crippen LogP contribution in [0.25, 0.3) is 0 Å². The molecule has 1 aromatic carbocycles. The van der Waals surface area contributed by atoms with Crippen LogP contribution in [0.4, 0.5) is 14.5 Å². The van der Waals surface area contributed by atoms with E-state index in [4.69, 9.17) is 5.11 Å². The molecule has 1 aromatic rings. The van der Waals surface area contributed by atoms with Gasteiger partial charge in [0.1, 0.15) is 11.6 Å². The first-order chi connectivity index (χ1) is 10.0. The zero-order chi connectivity index (χ0) is 15.0. The van der Waals surface area contributed by atoms with Crippen molar-refractivity contribution >= 4 is 11.7 Å². The van der Waals surface area contributed by atoms with Crippen molar-refractivity contribution in [2.45, 2.75) is 38.5 Å². The van der Waals surface area contributed by atoms with E-state index in [0.29, 0.717) is 6.07 Å². The molecule has 1 heterocycles. The van der Waals surface area contributed by atoms with Crippen molar-refractivity contribution in [1.29, 1.82) is 0 Å². The minimum Gasteiger partial charge on any atom is -0.478 e. The Kier molecular flexibility index (Phi) is 3.59. The first-order valence-corrected chi connectivity index (χ1v) is 7.48. The second-order valence-electron chi connectivity index (χ2n) is 6.36. The first kappa shape index (κ1) is 14.3. The van der Waals surface area contributed by atoms with Crippen molar-refractivity contribution < 1.29 is 18.7 Å². The predicted octanol–water partition coefficient (Wildman–Crippen LogP) is 3.82. The second kappa shape index (κ2) is 5.28. The number of nitrogens with zero attached hydrogens (tertiary/aromatic N) is 1. The van der Waals surface area contributed by atoms with E-state index in [9.17, 15) is 13.6 Å². The highest BCUT2D eigenvalue weighted by atomic mass is 19.1. The summed E-state index contributed by atoms with van der Waals surface area (Å²) in [5.41, 5.74) is -0.00217. The minimum atomic E-state index is -1.36. The summed E-state index contributed by atoms with van der Waals surface area (Å²) in [7, 11) is 0. The van der Waals surface area contributed by atoms with Gasteiger partial charge in [0.2, 0.25) is 0 Å². The van der Waals surface area contributed by atoms with Crippen LogP contribution in [0.5, 0.6) is 0 Å². The third kappa shape index (κ3) is 2.61. The number of carbonyl (C=O) groups is 1. The van der Waals surface area contributed by atoms with Crippen LogP contribution in [0, 0.1) is 17.0 Å². The van der Waals surface area contributed by atoms with E-state index in [-0.39, 0.29) is 11.1 Å². The summed E-state index contributed by atoms with van der Waals surface area (Å²) in [6, 6.07) is 1.80. The molecular formula is C16H19F2NO2. The van der Waals surface area contributed by atoms with Gasteiger partial charge in [0.15, 0.2) is 0 Å². The minimum absolute atomic E-state index is 0.212. The lowest BCUT2D eigenvalue weighted by Crippen LogP contribution is -2.56. The molecule has 1 N–H and O–H groups in total. The molecule has 1 saturated heterocycles. The van der Waals surface area contributed by atoms with Crippen LogP contribution in [-0.2, 0) is 0 Å². The fourth-order valence-corrected chi connectivity index (χ4v) is 3.67. The highest BCUT2D eigenvalue weighted by molar-refractivity contribution is 5.89. The Hall–Kier alpha value is -1.65. The van der Waals surface area contributed by atoms with Gasteiger partial charge in [-0.3, -0.25) is 0 Å². The Bertz CT molecular complexity index is 558. The quantitative estimate of drug-likeness (QED) is 0.901. The monoisotopic (exact) mass is 295 g/mol. The molecule has 0 amide bonds. The standard InChI is InChI=1S/C16H19F2NO2/c17-12-8-13(18)14(7-11(12)15(20)21)19-9-16(10-19)5-3-1-2-4-6-16/h7-8H,1-6,9-10H2,(H,20,21). The molecule has 1 aliphatic heterocycles. The van der Waals surface area contributed by atoms with Crippen molar-refractivity contribution in [3.05, 3.63) is 29.3 Å². The van der Waals surface area contributed by atoms with Crippen LogP contribution < -0.4 is 4.90 Å². The molecule has 0 aromatic heterocycles. The number of aromatic carboxylic acids is 1. The zero-order valence-corrected chi connectivity index (χ0v) is 11.9. The molecule has 5 heteroatoms. The van der Waals surface area contributed by atoms with Gasteiger partial charge in [-0.05, 0) is 18.9 Å². The van der Waals surface area contributed by atoms with E-state index < -0.39 is 23.2 Å². The maximum atomic E-state index is 13.9. The molecule has 0 bridgehead atoms. The summed E-state index contributed by atoms with van der Waals surface area (Å²) < 4.78 is 27.4. The number of hydrogen-bond donors (Lipinski definition) is 1. The van der Waals surface area contributed by atoms with Crippen molar-refractivity contribution in [1.82, 2.24) is 0 Å². The Morgan fingerprint density at radius 1 is 1.05 bits per heavy atom. The van der Waals surface area contributed by atoms with E-state index in [1.807, 2.05) is 4.90 Å². The number of halogens is 2. The Balaban J connectivity index is 1.80. The van der Waals surface area contributed by atoms with Crippen LogP contribution in [-0.4, -0.2) is 24.2 Å². The average molecular weight is 295 g/mol. The molecule has 2 fully saturated rings. The summed E-state index contributed by atoms with van der Waals surface area (Å²) in [5, 5.41) is 8.95. The highest BCUT2D eigenvalue weighted by Crippen LogP contribution is 2.45. The van der Waals surface area contributed by atoms with Gasteiger partial charge < -0.3 is 10.0 Å². The van der Waals surface area contributed by atoms with Crippen molar-refractivity contribution in [3.8, 4) is 0 Å². The summed E-state index contributed by atoms with van der Waals surface area (Å²) in [4.78, 5) is 12.8. The van der Waals surface area contributed by atoms with Gasteiger partial charge in [-0.1, -0.05) is 25.7 Å². The van der Waals surface area contributed by atoms with Crippen LogP contribution in [0.15, 0.2) is 12.1 Å². The normalized spacial score (nSPS) is 21.0. The molecular weight excluding hydrogens is 276 g/mol. The van der Waals surface area contributed by atoms with Crippen LogP contribution in [0.1, 0.15) is 48.9 Å². The van der Waals surface area contributed by atoms with E-state index in [0.717, 1.165) is 32.0 Å². The maximum absolute atomic E-state index is 13.9. The first-order valence-electron chi connectivity index (χ1n) is 7.48. The summed E-state index contributed by atoms with van der Waals surface area (Å²) in [6.45, 7) is 1.49. The fraction of sp³-hybridized carbons (Fsp3) is 0.562. The number of carboxylic acid groups (broad SMARTS) is 1. The third-order valence-electron chi connectivity index (χ3n) is 4.82. The highest BCUT2D eigenvalue weighted by Gasteiger charge is 2.43. The molecule has 21 heavy (non-hydrogen) atoms.